The van der Waals surface area contributed by atoms with Crippen molar-refractivity contribution in [2.45, 2.75) is 38.0 Å². The second kappa shape index (κ2) is 13.7. The van der Waals surface area contributed by atoms with Gasteiger partial charge in [0, 0.05) is 24.5 Å². The number of imidazole rings is 1. The molecule has 2 amide bonds. The van der Waals surface area contributed by atoms with E-state index in [4.69, 9.17) is 9.47 Å². The maximum atomic E-state index is 13.0. The van der Waals surface area contributed by atoms with Crippen LogP contribution in [0.2, 0.25) is 0 Å². The maximum Gasteiger partial charge on any atom is 0.573 e. The molecular weight excluding hydrogens is 604 g/mol. The van der Waals surface area contributed by atoms with E-state index >= 15 is 0 Å². The Labute approximate surface area is 245 Å². The number of benzene rings is 2. The van der Waals surface area contributed by atoms with Crippen molar-refractivity contribution in [2.75, 3.05) is 30.4 Å². The third-order valence-electron chi connectivity index (χ3n) is 5.87. The van der Waals surface area contributed by atoms with Crippen molar-refractivity contribution in [3.63, 3.8) is 0 Å². The molecule has 0 unspecified atom stereocenters. The van der Waals surface area contributed by atoms with Gasteiger partial charge >= 0.3 is 30.5 Å². The Morgan fingerprint density at radius 3 is 2.16 bits per heavy atom. The lowest BCUT2D eigenvalue weighted by molar-refractivity contribution is -0.274. The van der Waals surface area contributed by atoms with Crippen LogP contribution >= 0.6 is 0 Å². The maximum absolute atomic E-state index is 13.0. The molecule has 0 aliphatic heterocycles. The Hall–Kier alpha value is -4.80. The van der Waals surface area contributed by atoms with Crippen LogP contribution in [0.25, 0.3) is 0 Å². The number of hydrogen-bond donors (Lipinski definition) is 3. The van der Waals surface area contributed by atoms with Crippen LogP contribution < -0.4 is 20.7 Å². The molecule has 0 spiro atoms. The minimum absolute atomic E-state index is 0.0126. The summed E-state index contributed by atoms with van der Waals surface area (Å²) in [5, 5.41) is 7.70. The van der Waals surface area contributed by atoms with E-state index in [1.54, 1.807) is 0 Å². The van der Waals surface area contributed by atoms with E-state index in [1.165, 1.54) is 22.9 Å². The number of amides is 2. The lowest BCUT2D eigenvalue weighted by Gasteiger charge is -2.10. The normalized spacial score (nSPS) is 13.2. The van der Waals surface area contributed by atoms with Gasteiger partial charge in [0.25, 0.3) is 0 Å². The van der Waals surface area contributed by atoms with E-state index in [-0.39, 0.29) is 43.6 Å². The monoisotopic (exact) mass is 629 g/mol. The van der Waals surface area contributed by atoms with Crippen molar-refractivity contribution in [2.24, 2.45) is 0 Å². The molecule has 2 aromatic carbocycles. The Morgan fingerprint density at radius 2 is 1.55 bits per heavy atom. The topological polar surface area (TPSA) is 133 Å². The van der Waals surface area contributed by atoms with Gasteiger partial charge in [0.2, 0.25) is 5.82 Å². The van der Waals surface area contributed by atoms with Crippen LogP contribution in [0.3, 0.4) is 0 Å². The summed E-state index contributed by atoms with van der Waals surface area (Å²) in [6.45, 7) is -0.685. The summed E-state index contributed by atoms with van der Waals surface area (Å²) in [6.07, 6.45) is -6.23. The van der Waals surface area contributed by atoms with Gasteiger partial charge in [-0.05, 0) is 54.8 Å². The van der Waals surface area contributed by atoms with Gasteiger partial charge in [-0.3, -0.25) is 10.1 Å². The Kier molecular flexibility index (Phi) is 9.97. The molecule has 1 aliphatic carbocycles. The molecule has 0 bridgehead atoms. The van der Waals surface area contributed by atoms with Crippen molar-refractivity contribution < 1.29 is 54.9 Å². The number of carbonyl (C=O) groups is 3. The molecule has 1 aromatic heterocycles. The second-order valence-corrected chi connectivity index (χ2v) is 9.44. The zero-order valence-electron chi connectivity index (χ0n) is 22.6. The molecule has 1 heterocycles. The van der Waals surface area contributed by atoms with E-state index in [1.807, 2.05) is 0 Å². The largest absolute Gasteiger partial charge is 0.573 e. The number of halogens is 6. The summed E-state index contributed by atoms with van der Waals surface area (Å²) in [5.74, 6) is -2.49. The number of nitrogens with one attached hydrogen (secondary N) is 3. The summed E-state index contributed by atoms with van der Waals surface area (Å²) in [6, 6.07) is 7.85. The lowest BCUT2D eigenvalue weighted by Crippen LogP contribution is -2.27. The van der Waals surface area contributed by atoms with Gasteiger partial charge < -0.3 is 29.4 Å². The van der Waals surface area contributed by atoms with Crippen LogP contribution in [-0.4, -0.2) is 59.7 Å². The minimum atomic E-state index is -4.89. The fourth-order valence-corrected chi connectivity index (χ4v) is 3.69. The summed E-state index contributed by atoms with van der Waals surface area (Å²) in [7, 11) is 0. The van der Waals surface area contributed by atoms with Crippen molar-refractivity contribution in [1.29, 1.82) is 0 Å². The highest BCUT2D eigenvalue weighted by Crippen LogP contribution is 2.29. The number of esters is 2. The zero-order chi connectivity index (χ0) is 31.9. The number of anilines is 2. The molecule has 236 valence electrons. The quantitative estimate of drug-likeness (QED) is 0.146. The van der Waals surface area contributed by atoms with Gasteiger partial charge in [-0.25, -0.2) is 14.6 Å². The number of ether oxygens (including phenoxy) is 3. The van der Waals surface area contributed by atoms with E-state index in [0.29, 0.717) is 11.6 Å². The Balaban J connectivity index is 1.40. The van der Waals surface area contributed by atoms with Gasteiger partial charge in [-0.15, -0.1) is 13.2 Å². The van der Waals surface area contributed by atoms with Crippen molar-refractivity contribution in [1.82, 2.24) is 14.9 Å². The molecule has 44 heavy (non-hydrogen) atoms. The number of nitrogens with zero attached hydrogens (tertiary/aromatic N) is 2. The average molecular weight is 630 g/mol. The van der Waals surface area contributed by atoms with E-state index in [0.717, 1.165) is 49.2 Å². The van der Waals surface area contributed by atoms with E-state index < -0.39 is 41.8 Å². The number of carbonyl (C=O) groups excluding carboxylic acids is 3. The van der Waals surface area contributed by atoms with Crippen LogP contribution in [-0.2, 0) is 27.0 Å². The van der Waals surface area contributed by atoms with Crippen LogP contribution in [0, 0.1) is 0 Å². The van der Waals surface area contributed by atoms with Gasteiger partial charge in [0.05, 0.1) is 12.1 Å². The third-order valence-corrected chi connectivity index (χ3v) is 5.87. The summed E-state index contributed by atoms with van der Waals surface area (Å²) >= 11 is 0. The number of alkyl halides is 6. The lowest BCUT2D eigenvalue weighted by atomic mass is 10.1. The molecule has 3 aromatic rings. The first-order valence-corrected chi connectivity index (χ1v) is 13.0. The molecule has 1 aliphatic rings. The van der Waals surface area contributed by atoms with Gasteiger partial charge in [0.1, 0.15) is 19.0 Å². The Morgan fingerprint density at radius 1 is 0.886 bits per heavy atom. The molecule has 0 radical (unpaired) electrons. The first-order valence-electron chi connectivity index (χ1n) is 13.0. The minimum Gasteiger partial charge on any atom is -0.461 e. The van der Waals surface area contributed by atoms with Crippen LogP contribution in [0.5, 0.6) is 5.75 Å². The van der Waals surface area contributed by atoms with Crippen molar-refractivity contribution >= 4 is 29.5 Å². The van der Waals surface area contributed by atoms with Gasteiger partial charge in [-0.1, -0.05) is 12.1 Å². The molecule has 1 saturated carbocycles. The van der Waals surface area contributed by atoms with Crippen LogP contribution in [0.1, 0.15) is 34.6 Å². The predicted molar refractivity (Wildman–Crippen MR) is 141 cm³/mol. The smallest absolute Gasteiger partial charge is 0.461 e. The average Bonchev–Trinajstić information content (AvgIpc) is 3.69. The first kappa shape index (κ1) is 32.1. The standard InChI is InChI=1S/C27H25F6N5O6/c28-26(29,30)17-3-1-16(2-4-17)14-38-15-21(37-25(41)35-19-7-9-20(10-8-19)44-27(31,32)33)36-23(38)24(40)43-12-11-42-22(39)13-34-18-5-6-18/h1-4,7-10,15,18,34H,5-6,11-14H2,(H2,35,37,41). The molecule has 3 N–H and O–H groups in total. The van der Waals surface area contributed by atoms with Gasteiger partial charge in [0.15, 0.2) is 5.82 Å². The van der Waals surface area contributed by atoms with E-state index in [9.17, 15) is 40.7 Å². The summed E-state index contributed by atoms with van der Waals surface area (Å²) in [4.78, 5) is 41.1. The highest BCUT2D eigenvalue weighted by Gasteiger charge is 2.31. The SMILES string of the molecule is O=C(Nc1ccc(OC(F)(F)F)cc1)Nc1cn(Cc2ccc(C(F)(F)F)cc2)c(C(=O)OCCOC(=O)CNC2CC2)n1. The molecular formula is C27H25F6N5O6. The van der Waals surface area contributed by atoms with Crippen molar-refractivity contribution in [3.8, 4) is 5.75 Å². The molecule has 17 heteroatoms. The summed E-state index contributed by atoms with van der Waals surface area (Å²) < 4.78 is 91.0. The first-order chi connectivity index (χ1) is 20.7. The van der Waals surface area contributed by atoms with Crippen LogP contribution in [0.15, 0.2) is 54.7 Å². The van der Waals surface area contributed by atoms with Crippen molar-refractivity contribution in [3.05, 3.63) is 71.7 Å². The fraction of sp³-hybridized carbons (Fsp3) is 0.333. The number of urea groups is 1. The van der Waals surface area contributed by atoms with Gasteiger partial charge in [-0.2, -0.15) is 13.2 Å². The third kappa shape index (κ3) is 10.2. The zero-order valence-corrected chi connectivity index (χ0v) is 22.6. The Bertz CT molecular complexity index is 1450. The number of aromatic nitrogens is 2. The van der Waals surface area contributed by atoms with E-state index in [2.05, 4.69) is 25.7 Å². The number of hydrogen-bond acceptors (Lipinski definition) is 8. The molecule has 11 nitrogen and oxygen atoms in total. The predicted octanol–water partition coefficient (Wildman–Crippen LogP) is 4.94. The van der Waals surface area contributed by atoms with Crippen LogP contribution in [0.4, 0.5) is 42.6 Å². The highest BCUT2D eigenvalue weighted by molar-refractivity contribution is 5.99. The second-order valence-electron chi connectivity index (χ2n) is 9.44. The number of rotatable bonds is 12. The summed E-state index contributed by atoms with van der Waals surface area (Å²) in [5.41, 5.74) is -0.410. The molecule has 1 fully saturated rings. The fourth-order valence-electron chi connectivity index (χ4n) is 3.69. The molecule has 4 rings (SSSR count). The molecule has 0 saturated heterocycles. The molecule has 0 atom stereocenters. The highest BCUT2D eigenvalue weighted by atomic mass is 19.4.